The zero-order valence-electron chi connectivity index (χ0n) is 13.8. The highest BCUT2D eigenvalue weighted by atomic mass is 32.2. The SMILES string of the molecule is CSCC1=C(C(=O)O)N2C(=O)C(NC(=O)CS(=O)(=O)CC(F)(F)F)[C@H]2SC1. The molecular weight excluding hydrogens is 433 g/mol. The Balaban J connectivity index is 2.07. The van der Waals surface area contributed by atoms with E-state index >= 15 is 0 Å². The average molecular weight is 448 g/mol. The Morgan fingerprint density at radius 3 is 2.56 bits per heavy atom. The molecular formula is C13H15F3N2O6S3. The van der Waals surface area contributed by atoms with Crippen molar-refractivity contribution in [3.8, 4) is 0 Å². The fraction of sp³-hybridized carbons (Fsp3) is 0.615. The van der Waals surface area contributed by atoms with Crippen molar-refractivity contribution in [3.63, 3.8) is 0 Å². The third-order valence-corrected chi connectivity index (χ3v) is 7.07. The molecule has 2 aliphatic rings. The van der Waals surface area contributed by atoms with Gasteiger partial charge in [-0.1, -0.05) is 0 Å². The van der Waals surface area contributed by atoms with Gasteiger partial charge in [-0.2, -0.15) is 24.9 Å². The highest BCUT2D eigenvalue weighted by Gasteiger charge is 2.54. The van der Waals surface area contributed by atoms with E-state index in [0.717, 1.165) is 4.90 Å². The first-order valence-electron chi connectivity index (χ1n) is 7.32. The highest BCUT2D eigenvalue weighted by Crippen LogP contribution is 2.40. The number of halogens is 3. The topological polar surface area (TPSA) is 121 Å². The summed E-state index contributed by atoms with van der Waals surface area (Å²) in [6.07, 6.45) is -3.21. The largest absolute Gasteiger partial charge is 0.477 e. The first-order chi connectivity index (χ1) is 12.4. The second kappa shape index (κ2) is 7.91. The van der Waals surface area contributed by atoms with Crippen LogP contribution < -0.4 is 5.32 Å². The van der Waals surface area contributed by atoms with Crippen LogP contribution in [-0.2, 0) is 24.2 Å². The number of sulfone groups is 1. The van der Waals surface area contributed by atoms with E-state index in [2.05, 4.69) is 5.32 Å². The summed E-state index contributed by atoms with van der Waals surface area (Å²) in [6.45, 7) is 0. The number of thioether (sulfide) groups is 2. The van der Waals surface area contributed by atoms with Crippen LogP contribution in [0.25, 0.3) is 0 Å². The van der Waals surface area contributed by atoms with Gasteiger partial charge in [-0.15, -0.1) is 11.8 Å². The number of carboxylic acid groups (broad SMARTS) is 1. The summed E-state index contributed by atoms with van der Waals surface area (Å²) in [5.41, 5.74) is 0.371. The zero-order valence-corrected chi connectivity index (χ0v) is 16.2. The Bertz CT molecular complexity index is 796. The van der Waals surface area contributed by atoms with Gasteiger partial charge in [-0.25, -0.2) is 13.2 Å². The maximum absolute atomic E-state index is 12.3. The molecule has 152 valence electrons. The molecule has 2 atom stereocenters. The predicted molar refractivity (Wildman–Crippen MR) is 92.8 cm³/mol. The van der Waals surface area contributed by atoms with Crippen molar-refractivity contribution < 1.29 is 41.1 Å². The molecule has 0 bridgehead atoms. The van der Waals surface area contributed by atoms with Crippen LogP contribution in [0.5, 0.6) is 0 Å². The van der Waals surface area contributed by atoms with E-state index in [0.29, 0.717) is 17.1 Å². The molecule has 0 aromatic rings. The fourth-order valence-electron chi connectivity index (χ4n) is 2.68. The van der Waals surface area contributed by atoms with Crippen LogP contribution in [0.4, 0.5) is 13.2 Å². The molecule has 1 fully saturated rings. The van der Waals surface area contributed by atoms with E-state index in [-0.39, 0.29) is 5.70 Å². The van der Waals surface area contributed by atoms with Crippen LogP contribution in [0.1, 0.15) is 0 Å². The number of fused-ring (bicyclic) bond motifs is 1. The van der Waals surface area contributed by atoms with Crippen LogP contribution in [-0.4, -0.2) is 83.1 Å². The van der Waals surface area contributed by atoms with Crippen LogP contribution >= 0.6 is 23.5 Å². The molecule has 1 saturated heterocycles. The number of carbonyl (C=O) groups excluding carboxylic acids is 2. The van der Waals surface area contributed by atoms with Crippen molar-refractivity contribution in [2.24, 2.45) is 0 Å². The number of nitrogens with one attached hydrogen (secondary N) is 1. The third kappa shape index (κ3) is 5.10. The van der Waals surface area contributed by atoms with Crippen molar-refractivity contribution in [1.29, 1.82) is 0 Å². The number of nitrogens with zero attached hydrogens (tertiary/aromatic N) is 1. The molecule has 0 spiro atoms. The van der Waals surface area contributed by atoms with Gasteiger partial charge >= 0.3 is 12.1 Å². The van der Waals surface area contributed by atoms with Crippen LogP contribution in [0.2, 0.25) is 0 Å². The Hall–Kier alpha value is -1.41. The number of hydrogen-bond acceptors (Lipinski definition) is 7. The van der Waals surface area contributed by atoms with Gasteiger partial charge in [0.2, 0.25) is 5.91 Å². The quantitative estimate of drug-likeness (QED) is 0.525. The lowest BCUT2D eigenvalue weighted by Gasteiger charge is -2.49. The number of carbonyl (C=O) groups is 3. The van der Waals surface area contributed by atoms with Crippen molar-refractivity contribution in [1.82, 2.24) is 10.2 Å². The van der Waals surface area contributed by atoms with E-state index < -0.39 is 56.7 Å². The van der Waals surface area contributed by atoms with E-state index in [9.17, 15) is 41.1 Å². The van der Waals surface area contributed by atoms with Crippen LogP contribution in [0.3, 0.4) is 0 Å². The predicted octanol–water partition coefficient (Wildman–Crippen LogP) is 0.0651. The van der Waals surface area contributed by atoms with E-state index in [1.807, 2.05) is 0 Å². The highest BCUT2D eigenvalue weighted by molar-refractivity contribution is 8.00. The smallest absolute Gasteiger partial charge is 0.402 e. The van der Waals surface area contributed by atoms with E-state index in [4.69, 9.17) is 0 Å². The van der Waals surface area contributed by atoms with Gasteiger partial charge < -0.3 is 10.4 Å². The van der Waals surface area contributed by atoms with Gasteiger partial charge in [-0.3, -0.25) is 14.5 Å². The molecule has 27 heavy (non-hydrogen) atoms. The molecule has 0 aliphatic carbocycles. The number of rotatable bonds is 7. The lowest BCUT2D eigenvalue weighted by atomic mass is 10.0. The minimum absolute atomic E-state index is 0.173. The monoisotopic (exact) mass is 448 g/mol. The molecule has 0 aromatic heterocycles. The van der Waals surface area contributed by atoms with Gasteiger partial charge in [-0.05, 0) is 11.8 Å². The second-order valence-corrected chi connectivity index (χ2v) is 9.83. The second-order valence-electron chi connectivity index (χ2n) is 5.79. The Morgan fingerprint density at radius 1 is 1.41 bits per heavy atom. The molecule has 2 aliphatic heterocycles. The maximum Gasteiger partial charge on any atom is 0.402 e. The number of amides is 2. The summed E-state index contributed by atoms with van der Waals surface area (Å²) in [7, 11) is -4.73. The van der Waals surface area contributed by atoms with Gasteiger partial charge in [0, 0.05) is 11.5 Å². The van der Waals surface area contributed by atoms with E-state index in [1.165, 1.54) is 23.5 Å². The molecule has 2 amide bonds. The van der Waals surface area contributed by atoms with E-state index in [1.54, 1.807) is 6.26 Å². The molecule has 0 saturated carbocycles. The standard InChI is InChI=1S/C13H15F3N2O6S3/c1-25-2-6-3-26-11-8(10(20)18(11)9(6)12(21)22)17-7(19)4-27(23,24)5-13(14,15)16/h8,11H,2-5H2,1H3,(H,17,19)(H,21,22)/t8?,11-/m1/s1. The third-order valence-electron chi connectivity index (χ3n) is 3.62. The summed E-state index contributed by atoms with van der Waals surface area (Å²) < 4.78 is 59.4. The Kier molecular flexibility index (Phi) is 6.41. The average Bonchev–Trinajstić information content (AvgIpc) is 2.49. The molecule has 2 heterocycles. The van der Waals surface area contributed by atoms with Crippen LogP contribution in [0.15, 0.2) is 11.3 Å². The maximum atomic E-state index is 12.3. The van der Waals surface area contributed by atoms with Gasteiger partial charge in [0.15, 0.2) is 9.84 Å². The first-order valence-corrected chi connectivity index (χ1v) is 11.6. The molecule has 14 heteroatoms. The normalized spacial score (nSPS) is 23.0. The zero-order chi connectivity index (χ0) is 20.6. The molecule has 2 N–H and O–H groups in total. The summed E-state index contributed by atoms with van der Waals surface area (Å²) in [5.74, 6) is -6.13. The summed E-state index contributed by atoms with van der Waals surface area (Å²) in [5, 5.41) is 10.7. The number of β-lactam (4-membered cyclic amide) rings is 1. The van der Waals surface area contributed by atoms with Gasteiger partial charge in [0.05, 0.1) is 0 Å². The van der Waals surface area contributed by atoms with Crippen molar-refractivity contribution in [2.45, 2.75) is 17.6 Å². The lowest BCUT2D eigenvalue weighted by molar-refractivity contribution is -0.150. The van der Waals surface area contributed by atoms with Crippen molar-refractivity contribution >= 4 is 51.1 Å². The first kappa shape index (κ1) is 21.9. The lowest BCUT2D eigenvalue weighted by Crippen LogP contribution is -2.71. The minimum atomic E-state index is -4.98. The Labute approximate surface area is 160 Å². The summed E-state index contributed by atoms with van der Waals surface area (Å²) >= 11 is 2.57. The number of alkyl halides is 3. The Morgan fingerprint density at radius 2 is 2.04 bits per heavy atom. The molecule has 2 rings (SSSR count). The van der Waals surface area contributed by atoms with Gasteiger partial charge in [0.25, 0.3) is 5.91 Å². The van der Waals surface area contributed by atoms with Crippen LogP contribution in [0, 0.1) is 0 Å². The van der Waals surface area contributed by atoms with Gasteiger partial charge in [0.1, 0.15) is 28.6 Å². The molecule has 1 unspecified atom stereocenters. The number of carboxylic acids is 1. The molecule has 8 nitrogen and oxygen atoms in total. The van der Waals surface area contributed by atoms with Crippen molar-refractivity contribution in [2.75, 3.05) is 29.3 Å². The summed E-state index contributed by atoms with van der Waals surface area (Å²) in [4.78, 5) is 36.5. The minimum Gasteiger partial charge on any atom is -0.477 e. The van der Waals surface area contributed by atoms with Crippen molar-refractivity contribution in [3.05, 3.63) is 11.3 Å². The molecule has 0 radical (unpaired) electrons. The number of hydrogen-bond donors (Lipinski definition) is 2. The summed E-state index contributed by atoms with van der Waals surface area (Å²) in [6, 6.07) is -1.19. The molecule has 0 aromatic carbocycles. The fourth-order valence-corrected chi connectivity index (χ4v) is 5.83. The number of aliphatic carboxylic acids is 1.